The molecule has 0 saturated carbocycles. The summed E-state index contributed by atoms with van der Waals surface area (Å²) >= 11 is 0. The zero-order valence-corrected chi connectivity index (χ0v) is 14.5. The number of urea groups is 1. The Morgan fingerprint density at radius 3 is 2.72 bits per heavy atom. The number of benzene rings is 1. The Morgan fingerprint density at radius 1 is 1.16 bits per heavy atom. The van der Waals surface area contributed by atoms with Gasteiger partial charge in [0, 0.05) is 44.0 Å². The molecule has 3 rings (SSSR count). The van der Waals surface area contributed by atoms with Gasteiger partial charge in [0.15, 0.2) is 0 Å². The molecule has 4 amide bonds. The van der Waals surface area contributed by atoms with Gasteiger partial charge in [0.1, 0.15) is 0 Å². The van der Waals surface area contributed by atoms with Crippen LogP contribution < -0.4 is 10.6 Å². The number of carbonyl (C=O) groups excluding carboxylic acids is 3. The van der Waals surface area contributed by atoms with Gasteiger partial charge in [-0.15, -0.1) is 0 Å². The van der Waals surface area contributed by atoms with Gasteiger partial charge >= 0.3 is 6.03 Å². The van der Waals surface area contributed by atoms with Crippen molar-refractivity contribution in [1.82, 2.24) is 15.1 Å². The first-order chi connectivity index (χ1) is 12.1. The highest BCUT2D eigenvalue weighted by molar-refractivity contribution is 6.01. The Labute approximate surface area is 147 Å². The number of amides is 4. The Hall–Kier alpha value is -2.57. The summed E-state index contributed by atoms with van der Waals surface area (Å²) in [4.78, 5) is 39.9. The zero-order chi connectivity index (χ0) is 17.8. The molecule has 0 bridgehead atoms. The molecule has 2 heterocycles. The van der Waals surface area contributed by atoms with Gasteiger partial charge in [0.05, 0.1) is 6.42 Å². The minimum atomic E-state index is -0.0572. The average Bonchev–Trinajstić information content (AvgIpc) is 2.82. The van der Waals surface area contributed by atoms with Crippen molar-refractivity contribution in [3.05, 3.63) is 29.3 Å². The van der Waals surface area contributed by atoms with Crippen molar-refractivity contribution >= 4 is 23.5 Å². The number of carbonyl (C=O) groups is 3. The van der Waals surface area contributed by atoms with Gasteiger partial charge in [0.25, 0.3) is 5.91 Å². The van der Waals surface area contributed by atoms with Crippen molar-refractivity contribution in [1.29, 1.82) is 0 Å². The van der Waals surface area contributed by atoms with Gasteiger partial charge in [0.2, 0.25) is 5.91 Å². The van der Waals surface area contributed by atoms with Gasteiger partial charge in [-0.3, -0.25) is 9.59 Å². The molecule has 1 saturated heterocycles. The Bertz CT molecular complexity index is 689. The molecular formula is C18H24N4O3. The second-order valence-corrected chi connectivity index (χ2v) is 6.46. The van der Waals surface area contributed by atoms with Gasteiger partial charge in [-0.1, -0.05) is 6.92 Å². The largest absolute Gasteiger partial charge is 0.338 e. The number of hydrogen-bond acceptors (Lipinski definition) is 3. The molecule has 7 nitrogen and oxygen atoms in total. The molecule has 2 N–H and O–H groups in total. The predicted molar refractivity (Wildman–Crippen MR) is 94.6 cm³/mol. The van der Waals surface area contributed by atoms with Crippen LogP contribution in [0.2, 0.25) is 0 Å². The van der Waals surface area contributed by atoms with E-state index in [0.29, 0.717) is 44.7 Å². The fourth-order valence-corrected chi connectivity index (χ4v) is 3.21. The highest BCUT2D eigenvalue weighted by Gasteiger charge is 2.24. The second-order valence-electron chi connectivity index (χ2n) is 6.46. The first-order valence-corrected chi connectivity index (χ1v) is 8.83. The quantitative estimate of drug-likeness (QED) is 0.871. The Balaban J connectivity index is 1.63. The molecule has 1 fully saturated rings. The number of nitrogens with zero attached hydrogens (tertiary/aromatic N) is 2. The summed E-state index contributed by atoms with van der Waals surface area (Å²) in [5.41, 5.74) is 2.25. The van der Waals surface area contributed by atoms with Gasteiger partial charge < -0.3 is 20.4 Å². The van der Waals surface area contributed by atoms with E-state index in [1.807, 2.05) is 6.92 Å². The van der Waals surface area contributed by atoms with Gasteiger partial charge in [-0.05, 0) is 36.6 Å². The van der Waals surface area contributed by atoms with Crippen LogP contribution in [-0.4, -0.2) is 60.4 Å². The zero-order valence-electron chi connectivity index (χ0n) is 14.5. The summed E-state index contributed by atoms with van der Waals surface area (Å²) < 4.78 is 0. The van der Waals surface area contributed by atoms with Gasteiger partial charge in [-0.25, -0.2) is 4.79 Å². The number of nitrogens with one attached hydrogen (secondary N) is 2. The lowest BCUT2D eigenvalue weighted by atomic mass is 10.1. The van der Waals surface area contributed by atoms with Crippen molar-refractivity contribution in [3.63, 3.8) is 0 Å². The first kappa shape index (κ1) is 17.3. The van der Waals surface area contributed by atoms with E-state index in [-0.39, 0.29) is 17.8 Å². The highest BCUT2D eigenvalue weighted by atomic mass is 16.2. The van der Waals surface area contributed by atoms with Crippen LogP contribution >= 0.6 is 0 Å². The molecule has 0 spiro atoms. The number of anilines is 1. The van der Waals surface area contributed by atoms with Crippen LogP contribution in [0.25, 0.3) is 0 Å². The van der Waals surface area contributed by atoms with E-state index < -0.39 is 0 Å². The molecule has 0 aromatic heterocycles. The van der Waals surface area contributed by atoms with E-state index in [1.54, 1.807) is 28.0 Å². The predicted octanol–water partition coefficient (Wildman–Crippen LogP) is 1.45. The average molecular weight is 344 g/mol. The van der Waals surface area contributed by atoms with E-state index in [1.165, 1.54) is 0 Å². The molecule has 1 aromatic rings. The molecular weight excluding hydrogens is 320 g/mol. The van der Waals surface area contributed by atoms with Crippen molar-refractivity contribution in [2.75, 3.05) is 38.0 Å². The maximum atomic E-state index is 12.8. The fourth-order valence-electron chi connectivity index (χ4n) is 3.21. The highest BCUT2D eigenvalue weighted by Crippen LogP contribution is 2.24. The molecule has 7 heteroatoms. The third-order valence-corrected chi connectivity index (χ3v) is 4.57. The van der Waals surface area contributed by atoms with E-state index in [4.69, 9.17) is 0 Å². The summed E-state index contributed by atoms with van der Waals surface area (Å²) in [6, 6.07) is 5.28. The van der Waals surface area contributed by atoms with Crippen molar-refractivity contribution in [3.8, 4) is 0 Å². The number of rotatable bonds is 3. The van der Waals surface area contributed by atoms with E-state index in [2.05, 4.69) is 10.6 Å². The number of hydrogen-bond donors (Lipinski definition) is 2. The van der Waals surface area contributed by atoms with Crippen LogP contribution in [0.1, 0.15) is 35.7 Å². The molecule has 0 atom stereocenters. The maximum absolute atomic E-state index is 12.8. The van der Waals surface area contributed by atoms with Gasteiger partial charge in [-0.2, -0.15) is 0 Å². The molecule has 0 unspecified atom stereocenters. The Kier molecular flexibility index (Phi) is 5.21. The monoisotopic (exact) mass is 344 g/mol. The minimum Gasteiger partial charge on any atom is -0.338 e. The lowest BCUT2D eigenvalue weighted by Gasteiger charge is -2.22. The van der Waals surface area contributed by atoms with Crippen LogP contribution in [0.5, 0.6) is 0 Å². The molecule has 25 heavy (non-hydrogen) atoms. The first-order valence-electron chi connectivity index (χ1n) is 8.83. The standard InChI is InChI=1S/C18H24N4O3/c1-2-6-19-18(25)22-8-3-7-21(9-10-22)17(24)13-4-5-15-14(11-13)12-16(23)20-15/h4-5,11H,2-3,6-10,12H2,1H3,(H,19,25)(H,20,23). The summed E-state index contributed by atoms with van der Waals surface area (Å²) in [5.74, 6) is -0.0823. The van der Waals surface area contributed by atoms with E-state index in [0.717, 1.165) is 24.1 Å². The van der Waals surface area contributed by atoms with Crippen LogP contribution in [-0.2, 0) is 11.2 Å². The van der Waals surface area contributed by atoms with Crippen molar-refractivity contribution < 1.29 is 14.4 Å². The molecule has 134 valence electrons. The summed E-state index contributed by atoms with van der Waals surface area (Å²) in [6.45, 7) is 5.02. The SMILES string of the molecule is CCCNC(=O)N1CCCN(C(=O)c2ccc3c(c2)CC(=O)N3)CC1. The van der Waals surface area contributed by atoms with Crippen LogP contribution in [0.4, 0.5) is 10.5 Å². The summed E-state index contributed by atoms with van der Waals surface area (Å²) in [6.07, 6.45) is 1.98. The molecule has 2 aliphatic rings. The van der Waals surface area contributed by atoms with E-state index in [9.17, 15) is 14.4 Å². The van der Waals surface area contributed by atoms with Crippen LogP contribution in [0.15, 0.2) is 18.2 Å². The smallest absolute Gasteiger partial charge is 0.317 e. The molecule has 0 aliphatic carbocycles. The van der Waals surface area contributed by atoms with E-state index >= 15 is 0 Å². The molecule has 1 aromatic carbocycles. The second kappa shape index (κ2) is 7.55. The third kappa shape index (κ3) is 3.92. The van der Waals surface area contributed by atoms with Crippen molar-refractivity contribution in [2.45, 2.75) is 26.2 Å². The van der Waals surface area contributed by atoms with Crippen LogP contribution in [0, 0.1) is 0 Å². The van der Waals surface area contributed by atoms with Crippen molar-refractivity contribution in [2.24, 2.45) is 0 Å². The number of fused-ring (bicyclic) bond motifs is 1. The lowest BCUT2D eigenvalue weighted by molar-refractivity contribution is -0.115. The minimum absolute atomic E-state index is 0.0388. The third-order valence-electron chi connectivity index (χ3n) is 4.57. The Morgan fingerprint density at radius 2 is 1.92 bits per heavy atom. The molecule has 0 radical (unpaired) electrons. The summed E-state index contributed by atoms with van der Waals surface area (Å²) in [5, 5.41) is 5.66. The topological polar surface area (TPSA) is 81.8 Å². The maximum Gasteiger partial charge on any atom is 0.317 e. The summed E-state index contributed by atoms with van der Waals surface area (Å²) in [7, 11) is 0. The van der Waals surface area contributed by atoms with Crippen LogP contribution in [0.3, 0.4) is 0 Å². The lowest BCUT2D eigenvalue weighted by Crippen LogP contribution is -2.42. The molecule has 2 aliphatic heterocycles. The normalized spacial score (nSPS) is 16.9. The fraction of sp³-hybridized carbons (Fsp3) is 0.500.